The molecule has 0 bridgehead atoms. The summed E-state index contributed by atoms with van der Waals surface area (Å²) in [6.07, 6.45) is 0.251. The summed E-state index contributed by atoms with van der Waals surface area (Å²) in [6, 6.07) is -3.11. The molecule has 9 nitrogen and oxygen atoms in total. The maximum absolute atomic E-state index is 11.6. The molecule has 0 saturated heterocycles. The van der Waals surface area contributed by atoms with Gasteiger partial charge in [0.05, 0.1) is 13.5 Å². The first kappa shape index (κ1) is 18.7. The van der Waals surface area contributed by atoms with Crippen molar-refractivity contribution in [3.05, 3.63) is 0 Å². The zero-order valence-corrected chi connectivity index (χ0v) is 12.3. The van der Waals surface area contributed by atoms with Crippen molar-refractivity contribution in [2.24, 2.45) is 0 Å². The maximum Gasteiger partial charge on any atom is 0.326 e. The lowest BCUT2D eigenvalue weighted by atomic mass is 10.2. The number of hydrogen-bond donors (Lipinski definition) is 4. The van der Waals surface area contributed by atoms with Crippen LogP contribution in [0.15, 0.2) is 0 Å². The molecule has 0 aromatic heterocycles. The maximum atomic E-state index is 11.6. The van der Waals surface area contributed by atoms with Crippen molar-refractivity contribution in [3.63, 3.8) is 0 Å². The standard InChI is InChI=1S/C12H21N3O6/c1-4-5-13-10(17)7(2)14-12(20)15-8(11(18)19)6-9(16)21-3/h7-8H,4-6H2,1-3H3,(H,13,17)(H,18,19)(H2,14,15,20)/t7?,8-/m0/s1. The highest BCUT2D eigenvalue weighted by molar-refractivity contribution is 5.89. The fourth-order valence-corrected chi connectivity index (χ4v) is 1.31. The molecule has 21 heavy (non-hydrogen) atoms. The van der Waals surface area contributed by atoms with Crippen molar-refractivity contribution in [3.8, 4) is 0 Å². The van der Waals surface area contributed by atoms with Crippen molar-refractivity contribution in [2.45, 2.75) is 38.8 Å². The number of nitrogens with one attached hydrogen (secondary N) is 3. The van der Waals surface area contributed by atoms with E-state index >= 15 is 0 Å². The monoisotopic (exact) mass is 303 g/mol. The second-order valence-electron chi connectivity index (χ2n) is 4.30. The Morgan fingerprint density at radius 3 is 2.29 bits per heavy atom. The van der Waals surface area contributed by atoms with Crippen molar-refractivity contribution < 1.29 is 29.0 Å². The van der Waals surface area contributed by atoms with E-state index in [2.05, 4.69) is 20.7 Å². The minimum atomic E-state index is -1.43. The van der Waals surface area contributed by atoms with E-state index in [-0.39, 0.29) is 5.91 Å². The van der Waals surface area contributed by atoms with Crippen LogP contribution in [-0.2, 0) is 19.1 Å². The number of hydrogen-bond acceptors (Lipinski definition) is 5. The number of esters is 1. The van der Waals surface area contributed by atoms with Crippen molar-refractivity contribution in [1.29, 1.82) is 0 Å². The van der Waals surface area contributed by atoms with Gasteiger partial charge in [-0.25, -0.2) is 9.59 Å². The van der Waals surface area contributed by atoms with Crippen molar-refractivity contribution in [2.75, 3.05) is 13.7 Å². The molecular weight excluding hydrogens is 282 g/mol. The van der Waals surface area contributed by atoms with Gasteiger partial charge in [0.15, 0.2) is 0 Å². The number of aliphatic carboxylic acids is 1. The van der Waals surface area contributed by atoms with Gasteiger partial charge in [-0.15, -0.1) is 0 Å². The first-order chi connectivity index (χ1) is 9.81. The Labute approximate surface area is 122 Å². The average Bonchev–Trinajstić information content (AvgIpc) is 2.43. The van der Waals surface area contributed by atoms with Gasteiger partial charge in [-0.3, -0.25) is 9.59 Å². The van der Waals surface area contributed by atoms with Crippen LogP contribution in [0.3, 0.4) is 0 Å². The summed E-state index contributed by atoms with van der Waals surface area (Å²) in [6.45, 7) is 3.82. The third-order valence-electron chi connectivity index (χ3n) is 2.49. The highest BCUT2D eigenvalue weighted by atomic mass is 16.5. The van der Waals surface area contributed by atoms with Gasteiger partial charge in [0.2, 0.25) is 5.91 Å². The summed E-state index contributed by atoms with van der Waals surface area (Å²) in [7, 11) is 1.11. The van der Waals surface area contributed by atoms with Gasteiger partial charge in [-0.05, 0) is 13.3 Å². The van der Waals surface area contributed by atoms with Crippen molar-refractivity contribution in [1.82, 2.24) is 16.0 Å². The summed E-state index contributed by atoms with van der Waals surface area (Å²) in [5.74, 6) is -2.53. The third kappa shape index (κ3) is 7.75. The molecule has 2 atom stereocenters. The Kier molecular flexibility index (Phi) is 8.51. The molecule has 0 saturated carbocycles. The molecular formula is C12H21N3O6. The van der Waals surface area contributed by atoms with Crippen LogP contribution in [0.4, 0.5) is 4.79 Å². The number of carbonyl (C=O) groups excluding carboxylic acids is 3. The van der Waals surface area contributed by atoms with Crippen LogP contribution < -0.4 is 16.0 Å². The van der Waals surface area contributed by atoms with Crippen LogP contribution in [0.5, 0.6) is 0 Å². The molecule has 120 valence electrons. The topological polar surface area (TPSA) is 134 Å². The number of ether oxygens (including phenoxy) is 1. The van der Waals surface area contributed by atoms with Gasteiger partial charge >= 0.3 is 18.0 Å². The van der Waals surface area contributed by atoms with Gasteiger partial charge in [0.25, 0.3) is 0 Å². The van der Waals surface area contributed by atoms with Crippen LogP contribution in [0.2, 0.25) is 0 Å². The summed E-state index contributed by atoms with van der Waals surface area (Å²) in [4.78, 5) is 45.1. The smallest absolute Gasteiger partial charge is 0.326 e. The quantitative estimate of drug-likeness (QED) is 0.434. The molecule has 0 heterocycles. The van der Waals surface area contributed by atoms with Crippen LogP contribution >= 0.6 is 0 Å². The normalized spacial score (nSPS) is 12.7. The second-order valence-corrected chi connectivity index (χ2v) is 4.30. The first-order valence-electron chi connectivity index (χ1n) is 6.46. The molecule has 0 aliphatic rings. The molecule has 0 spiro atoms. The molecule has 0 aliphatic carbocycles. The molecule has 3 amide bonds. The van der Waals surface area contributed by atoms with Crippen LogP contribution in [-0.4, -0.2) is 54.7 Å². The lowest BCUT2D eigenvalue weighted by Crippen LogP contribution is -2.52. The molecule has 0 aromatic carbocycles. The lowest BCUT2D eigenvalue weighted by molar-refractivity contribution is -0.147. The minimum Gasteiger partial charge on any atom is -0.480 e. The predicted molar refractivity (Wildman–Crippen MR) is 72.5 cm³/mol. The zero-order chi connectivity index (χ0) is 16.4. The number of urea groups is 1. The summed E-state index contributed by atoms with van der Waals surface area (Å²) < 4.78 is 4.34. The number of amides is 3. The SMILES string of the molecule is CCCNC(=O)C(C)NC(=O)N[C@@H](CC(=O)OC)C(=O)O. The fourth-order valence-electron chi connectivity index (χ4n) is 1.31. The Hall–Kier alpha value is -2.32. The highest BCUT2D eigenvalue weighted by Gasteiger charge is 2.25. The van der Waals surface area contributed by atoms with Gasteiger partial charge in [0, 0.05) is 6.54 Å². The summed E-state index contributed by atoms with van der Waals surface area (Å²) in [5, 5.41) is 15.9. The molecule has 0 rings (SSSR count). The Morgan fingerprint density at radius 2 is 1.81 bits per heavy atom. The minimum absolute atomic E-state index is 0.383. The van der Waals surface area contributed by atoms with Crippen molar-refractivity contribution >= 4 is 23.9 Å². The van der Waals surface area contributed by atoms with Gasteiger partial charge < -0.3 is 25.8 Å². The first-order valence-corrected chi connectivity index (χ1v) is 6.46. The fraction of sp³-hybridized carbons (Fsp3) is 0.667. The highest BCUT2D eigenvalue weighted by Crippen LogP contribution is 1.95. The van der Waals surface area contributed by atoms with E-state index in [1.807, 2.05) is 6.92 Å². The molecule has 0 aromatic rings. The molecule has 0 fully saturated rings. The Bertz CT molecular complexity index is 398. The van der Waals surface area contributed by atoms with E-state index in [1.54, 1.807) is 0 Å². The summed E-state index contributed by atoms with van der Waals surface area (Å²) in [5.41, 5.74) is 0. The van der Waals surface area contributed by atoms with Gasteiger partial charge in [-0.2, -0.15) is 0 Å². The molecule has 0 radical (unpaired) electrons. The predicted octanol–water partition coefficient (Wildman–Crippen LogP) is -0.783. The summed E-state index contributed by atoms with van der Waals surface area (Å²) >= 11 is 0. The van der Waals surface area contributed by atoms with E-state index in [4.69, 9.17) is 5.11 Å². The van der Waals surface area contributed by atoms with E-state index in [0.29, 0.717) is 6.54 Å². The zero-order valence-electron chi connectivity index (χ0n) is 12.3. The largest absolute Gasteiger partial charge is 0.480 e. The van der Waals surface area contributed by atoms with Gasteiger partial charge in [-0.1, -0.05) is 6.92 Å². The Balaban J connectivity index is 4.40. The molecule has 9 heteroatoms. The van der Waals surface area contributed by atoms with E-state index < -0.39 is 36.5 Å². The molecule has 4 N–H and O–H groups in total. The average molecular weight is 303 g/mol. The number of methoxy groups -OCH3 is 1. The third-order valence-corrected chi connectivity index (χ3v) is 2.49. The number of rotatable bonds is 8. The molecule has 0 aliphatic heterocycles. The molecule has 1 unspecified atom stereocenters. The van der Waals surface area contributed by atoms with Crippen LogP contribution in [0.25, 0.3) is 0 Å². The van der Waals surface area contributed by atoms with Crippen LogP contribution in [0.1, 0.15) is 26.7 Å². The van der Waals surface area contributed by atoms with E-state index in [1.165, 1.54) is 6.92 Å². The number of carboxylic acid groups (broad SMARTS) is 1. The Morgan fingerprint density at radius 1 is 1.19 bits per heavy atom. The van der Waals surface area contributed by atoms with Gasteiger partial charge in [0.1, 0.15) is 12.1 Å². The van der Waals surface area contributed by atoms with Crippen LogP contribution in [0, 0.1) is 0 Å². The number of carboxylic acids is 1. The number of carbonyl (C=O) groups is 4. The lowest BCUT2D eigenvalue weighted by Gasteiger charge is -2.17. The van der Waals surface area contributed by atoms with E-state index in [0.717, 1.165) is 13.5 Å². The van der Waals surface area contributed by atoms with E-state index in [9.17, 15) is 19.2 Å². The second kappa shape index (κ2) is 9.56.